The zero-order valence-electron chi connectivity index (χ0n) is 18.2. The number of sulfonamides is 1. The number of thiocarbonyl (C=S) groups is 1. The van der Waals surface area contributed by atoms with E-state index >= 15 is 0 Å². The van der Waals surface area contributed by atoms with Gasteiger partial charge in [0.15, 0.2) is 5.11 Å². The van der Waals surface area contributed by atoms with Crippen molar-refractivity contribution in [3.05, 3.63) is 24.5 Å². The Hall–Kier alpha value is -1.33. The molecule has 10 heteroatoms. The molecule has 2 N–H and O–H groups in total. The van der Waals surface area contributed by atoms with Crippen molar-refractivity contribution in [3.8, 4) is 0 Å². The van der Waals surface area contributed by atoms with Gasteiger partial charge in [-0.05, 0) is 63.0 Å². The number of aromatic nitrogens is 1. The van der Waals surface area contributed by atoms with E-state index in [9.17, 15) is 8.42 Å². The van der Waals surface area contributed by atoms with Crippen LogP contribution >= 0.6 is 12.2 Å². The maximum absolute atomic E-state index is 13.0. The van der Waals surface area contributed by atoms with Crippen LogP contribution in [0.4, 0.5) is 5.69 Å². The van der Waals surface area contributed by atoms with Gasteiger partial charge in [0, 0.05) is 50.3 Å². The number of nitrogens with one attached hydrogen (secondary N) is 2. The molecule has 8 nitrogen and oxygen atoms in total. The lowest BCUT2D eigenvalue weighted by atomic mass is 9.93. The van der Waals surface area contributed by atoms with Crippen LogP contribution in [-0.2, 0) is 14.8 Å². The number of pyridine rings is 1. The number of unbranched alkanes of at least 4 members (excludes halogenated alkanes) is 1. The maximum Gasteiger partial charge on any atom is 0.214 e. The van der Waals surface area contributed by atoms with Crippen LogP contribution < -0.4 is 10.6 Å². The van der Waals surface area contributed by atoms with Gasteiger partial charge < -0.3 is 15.4 Å². The molecule has 1 saturated carbocycles. The summed E-state index contributed by atoms with van der Waals surface area (Å²) in [6, 6.07) is 3.88. The molecule has 1 saturated heterocycles. The summed E-state index contributed by atoms with van der Waals surface area (Å²) < 4.78 is 33.2. The van der Waals surface area contributed by atoms with Gasteiger partial charge in [0.25, 0.3) is 0 Å². The molecule has 174 valence electrons. The summed E-state index contributed by atoms with van der Waals surface area (Å²) in [5.41, 5.74) is 0.878. The van der Waals surface area contributed by atoms with E-state index in [0.29, 0.717) is 24.6 Å². The number of nitrogens with zero attached hydrogens (tertiary/aromatic N) is 3. The minimum absolute atomic E-state index is 0.199. The summed E-state index contributed by atoms with van der Waals surface area (Å²) in [7, 11) is -3.23. The van der Waals surface area contributed by atoms with E-state index in [2.05, 4.69) is 20.5 Å². The number of morpholine rings is 1. The van der Waals surface area contributed by atoms with Crippen molar-refractivity contribution >= 4 is 33.0 Å². The van der Waals surface area contributed by atoms with Gasteiger partial charge in [0.05, 0.1) is 19.0 Å². The summed E-state index contributed by atoms with van der Waals surface area (Å²) >= 11 is 5.28. The normalized spacial score (nSPS) is 18.0. The summed E-state index contributed by atoms with van der Waals surface area (Å²) in [4.78, 5) is 6.33. The van der Waals surface area contributed by atoms with E-state index in [1.54, 1.807) is 16.7 Å². The highest BCUT2D eigenvalue weighted by molar-refractivity contribution is 7.89. The van der Waals surface area contributed by atoms with Gasteiger partial charge in [-0.2, -0.15) is 4.31 Å². The number of ether oxygens (including phenoxy) is 1. The molecule has 0 spiro atoms. The van der Waals surface area contributed by atoms with Crippen LogP contribution in [0.25, 0.3) is 0 Å². The standard InChI is InChI=1S/C21H35N5O3S2/c27-31(28,18-2-1-9-23-21(30)24-19-7-10-22-11-8-19)26(20-5-3-6-20)13-4-12-25-14-16-29-17-15-25/h7-8,10-11,20H,1-6,9,12-18H2,(H2,22,23,24,30). The van der Waals surface area contributed by atoms with Crippen molar-refractivity contribution in [2.75, 3.05) is 57.0 Å². The van der Waals surface area contributed by atoms with Gasteiger partial charge in [-0.3, -0.25) is 9.88 Å². The Morgan fingerprint density at radius 3 is 2.61 bits per heavy atom. The lowest BCUT2D eigenvalue weighted by molar-refractivity contribution is 0.0363. The number of hydrogen-bond acceptors (Lipinski definition) is 6. The van der Waals surface area contributed by atoms with Crippen LogP contribution in [0, 0.1) is 0 Å². The molecule has 1 aliphatic carbocycles. The lowest BCUT2D eigenvalue weighted by Crippen LogP contribution is -2.46. The third kappa shape index (κ3) is 8.27. The van der Waals surface area contributed by atoms with Crippen molar-refractivity contribution < 1.29 is 13.2 Å². The molecule has 2 aliphatic rings. The predicted molar refractivity (Wildman–Crippen MR) is 128 cm³/mol. The predicted octanol–water partition coefficient (Wildman–Crippen LogP) is 2.05. The van der Waals surface area contributed by atoms with Crippen LogP contribution in [-0.4, -0.2) is 85.5 Å². The van der Waals surface area contributed by atoms with Gasteiger partial charge >= 0.3 is 0 Å². The first kappa shape index (κ1) is 24.3. The van der Waals surface area contributed by atoms with E-state index in [0.717, 1.165) is 70.6 Å². The second-order valence-corrected chi connectivity index (χ2v) is 10.6. The minimum Gasteiger partial charge on any atom is -0.379 e. The number of rotatable bonds is 12. The first-order valence-electron chi connectivity index (χ1n) is 11.3. The van der Waals surface area contributed by atoms with E-state index in [-0.39, 0.29) is 11.8 Å². The van der Waals surface area contributed by atoms with E-state index in [1.165, 1.54) is 0 Å². The minimum atomic E-state index is -3.23. The fourth-order valence-corrected chi connectivity index (χ4v) is 5.93. The van der Waals surface area contributed by atoms with Crippen molar-refractivity contribution in [1.82, 2.24) is 19.5 Å². The Morgan fingerprint density at radius 2 is 1.94 bits per heavy atom. The molecule has 2 heterocycles. The SMILES string of the molecule is O=S(=O)(CCCCNC(=S)Nc1ccncc1)N(CCCN1CCOCC1)C1CCC1. The highest BCUT2D eigenvalue weighted by Crippen LogP contribution is 2.27. The Bertz CT molecular complexity index is 768. The van der Waals surface area contributed by atoms with Crippen LogP contribution in [0.15, 0.2) is 24.5 Å². The molecule has 2 fully saturated rings. The quantitative estimate of drug-likeness (QED) is 0.355. The lowest BCUT2D eigenvalue weighted by Gasteiger charge is -2.37. The highest BCUT2D eigenvalue weighted by atomic mass is 32.2. The highest BCUT2D eigenvalue weighted by Gasteiger charge is 2.33. The van der Waals surface area contributed by atoms with Gasteiger partial charge in [0.2, 0.25) is 10.0 Å². The average Bonchev–Trinajstić information content (AvgIpc) is 2.73. The fourth-order valence-electron chi connectivity index (χ4n) is 3.84. The summed E-state index contributed by atoms with van der Waals surface area (Å²) in [5.74, 6) is 0.202. The van der Waals surface area contributed by atoms with E-state index in [1.807, 2.05) is 12.1 Å². The second-order valence-electron chi connectivity index (χ2n) is 8.14. The Labute approximate surface area is 191 Å². The smallest absolute Gasteiger partial charge is 0.214 e. The second kappa shape index (κ2) is 12.6. The van der Waals surface area contributed by atoms with Crippen LogP contribution in [0.2, 0.25) is 0 Å². The summed E-state index contributed by atoms with van der Waals surface area (Å²) in [6.45, 7) is 5.66. The molecule has 1 aromatic heterocycles. The van der Waals surface area contributed by atoms with E-state index in [4.69, 9.17) is 17.0 Å². The molecule has 1 aromatic rings. The zero-order chi connectivity index (χ0) is 21.9. The monoisotopic (exact) mass is 469 g/mol. The maximum atomic E-state index is 13.0. The molecule has 3 rings (SSSR count). The first-order chi connectivity index (χ1) is 15.0. The molecule has 0 unspecified atom stereocenters. The Kier molecular flexibility index (Phi) is 9.92. The van der Waals surface area contributed by atoms with Crippen molar-refractivity contribution in [2.45, 2.75) is 44.6 Å². The number of anilines is 1. The Balaban J connectivity index is 1.35. The first-order valence-corrected chi connectivity index (χ1v) is 13.3. The third-order valence-electron chi connectivity index (χ3n) is 5.85. The molecule has 0 aromatic carbocycles. The molecule has 0 amide bonds. The van der Waals surface area contributed by atoms with Gasteiger partial charge in [-0.1, -0.05) is 6.42 Å². The van der Waals surface area contributed by atoms with E-state index < -0.39 is 10.0 Å². The molecular weight excluding hydrogens is 434 g/mol. The van der Waals surface area contributed by atoms with Crippen molar-refractivity contribution in [1.29, 1.82) is 0 Å². The number of hydrogen-bond donors (Lipinski definition) is 2. The molecule has 31 heavy (non-hydrogen) atoms. The van der Waals surface area contributed by atoms with Crippen LogP contribution in [0.5, 0.6) is 0 Å². The van der Waals surface area contributed by atoms with Gasteiger partial charge in [-0.25, -0.2) is 8.42 Å². The van der Waals surface area contributed by atoms with Crippen molar-refractivity contribution in [2.24, 2.45) is 0 Å². The zero-order valence-corrected chi connectivity index (χ0v) is 19.8. The molecule has 0 atom stereocenters. The summed E-state index contributed by atoms with van der Waals surface area (Å²) in [5, 5.41) is 6.76. The molecule has 0 radical (unpaired) electrons. The average molecular weight is 470 g/mol. The third-order valence-corrected chi connectivity index (χ3v) is 8.09. The summed E-state index contributed by atoms with van der Waals surface area (Å²) in [6.07, 6.45) is 8.78. The Morgan fingerprint density at radius 1 is 1.19 bits per heavy atom. The van der Waals surface area contributed by atoms with Gasteiger partial charge in [-0.15, -0.1) is 0 Å². The molecular formula is C21H35N5O3S2. The molecule has 0 bridgehead atoms. The van der Waals surface area contributed by atoms with Crippen molar-refractivity contribution in [3.63, 3.8) is 0 Å². The topological polar surface area (TPSA) is 86.8 Å². The molecule has 1 aliphatic heterocycles. The van der Waals surface area contributed by atoms with Crippen LogP contribution in [0.3, 0.4) is 0 Å². The van der Waals surface area contributed by atoms with Crippen LogP contribution in [0.1, 0.15) is 38.5 Å². The van der Waals surface area contributed by atoms with Gasteiger partial charge in [0.1, 0.15) is 0 Å². The fraction of sp³-hybridized carbons (Fsp3) is 0.714. The largest absolute Gasteiger partial charge is 0.379 e.